The zero-order valence-corrected chi connectivity index (χ0v) is 14.9. The van der Waals surface area contributed by atoms with Crippen LogP contribution in [0.1, 0.15) is 43.0 Å². The molecule has 8 heteroatoms. The quantitative estimate of drug-likeness (QED) is 0.179. The first kappa shape index (κ1) is 21.1. The van der Waals surface area contributed by atoms with Gasteiger partial charge in [0.25, 0.3) is 5.91 Å². The van der Waals surface area contributed by atoms with Gasteiger partial charge in [-0.05, 0) is 31.4 Å². The molecule has 1 aromatic rings. The van der Waals surface area contributed by atoms with Gasteiger partial charge in [-0.15, -0.1) is 0 Å². The van der Waals surface area contributed by atoms with Gasteiger partial charge in [0.15, 0.2) is 5.96 Å². The first-order valence-corrected chi connectivity index (χ1v) is 8.58. The average Bonchev–Trinajstić information content (AvgIpc) is 2.64. The summed E-state index contributed by atoms with van der Waals surface area (Å²) in [7, 11) is 0. The largest absolute Gasteiger partial charge is 0.464 e. The molecule has 0 aliphatic heterocycles. The molecule has 0 aliphatic rings. The summed E-state index contributed by atoms with van der Waals surface area (Å²) in [6, 6.07) is 7.26. The fourth-order valence-corrected chi connectivity index (χ4v) is 2.29. The molecule has 0 unspecified atom stereocenters. The molecule has 1 atom stereocenters. The van der Waals surface area contributed by atoms with E-state index in [1.54, 1.807) is 30.3 Å². The van der Waals surface area contributed by atoms with Crippen LogP contribution in [0, 0.1) is 5.41 Å². The third-order valence-electron chi connectivity index (χ3n) is 3.69. The Morgan fingerprint density at radius 2 is 2.00 bits per heavy atom. The number of imide groups is 1. The summed E-state index contributed by atoms with van der Waals surface area (Å²) < 4.78 is 5.21. The Kier molecular flexibility index (Phi) is 9.45. The topological polar surface area (TPSA) is 126 Å². The highest BCUT2D eigenvalue weighted by molar-refractivity contribution is 6.02. The third-order valence-corrected chi connectivity index (χ3v) is 3.69. The van der Waals surface area contributed by atoms with Crippen molar-refractivity contribution in [2.45, 2.75) is 38.6 Å². The molecular formula is C18H26N4O4. The van der Waals surface area contributed by atoms with Crippen molar-refractivity contribution >= 4 is 24.2 Å². The Morgan fingerprint density at radius 3 is 2.58 bits per heavy atom. The number of hydrogen-bond donors (Lipinski definition) is 3. The van der Waals surface area contributed by atoms with E-state index in [0.29, 0.717) is 31.4 Å². The highest BCUT2D eigenvalue weighted by Crippen LogP contribution is 2.13. The van der Waals surface area contributed by atoms with Crippen LogP contribution in [0.5, 0.6) is 0 Å². The Hall–Kier alpha value is -2.90. The van der Waals surface area contributed by atoms with E-state index in [-0.39, 0.29) is 19.0 Å². The minimum absolute atomic E-state index is 0.181. The summed E-state index contributed by atoms with van der Waals surface area (Å²) in [6.45, 7) is 2.56. The van der Waals surface area contributed by atoms with E-state index in [0.717, 1.165) is 11.3 Å². The number of carbonyl (C=O) groups excluding carboxylic acids is 3. The molecule has 0 saturated carbocycles. The van der Waals surface area contributed by atoms with Gasteiger partial charge in [-0.2, -0.15) is 0 Å². The second-order valence-electron chi connectivity index (χ2n) is 5.70. The second-order valence-corrected chi connectivity index (χ2v) is 5.70. The number of amides is 2. The molecule has 1 aromatic carbocycles. The summed E-state index contributed by atoms with van der Waals surface area (Å²) in [5.41, 5.74) is 5.53. The van der Waals surface area contributed by atoms with Gasteiger partial charge in [-0.25, -0.2) is 4.79 Å². The standard InChI is InChI=1S/C18H26N4O4/c1-2-3-12-26-17(25)15(10-7-11-21-18(19)20)22(13-23)16(24)14-8-5-4-6-9-14/h4-6,8-9,13,15H,2-3,7,10-12H2,1H3,(H4,19,20,21)/t15-/m0/s1. The Bertz CT molecular complexity index is 606. The maximum atomic E-state index is 12.6. The molecule has 0 heterocycles. The number of carbonyl (C=O) groups is 3. The molecule has 142 valence electrons. The lowest BCUT2D eigenvalue weighted by atomic mass is 10.1. The molecule has 0 aromatic heterocycles. The van der Waals surface area contributed by atoms with Gasteiger partial charge in [-0.3, -0.25) is 19.9 Å². The van der Waals surface area contributed by atoms with Crippen LogP contribution in [0.2, 0.25) is 0 Å². The third kappa shape index (κ3) is 6.92. The number of rotatable bonds is 11. The molecule has 0 spiro atoms. The van der Waals surface area contributed by atoms with Crippen molar-refractivity contribution in [3.8, 4) is 0 Å². The number of nitrogens with one attached hydrogen (secondary N) is 2. The van der Waals surface area contributed by atoms with Crippen molar-refractivity contribution in [2.24, 2.45) is 5.73 Å². The van der Waals surface area contributed by atoms with Gasteiger partial charge in [0.1, 0.15) is 6.04 Å². The van der Waals surface area contributed by atoms with Gasteiger partial charge in [-0.1, -0.05) is 31.5 Å². The normalized spacial score (nSPS) is 11.3. The van der Waals surface area contributed by atoms with E-state index < -0.39 is 17.9 Å². The number of nitrogens with two attached hydrogens (primary N) is 1. The molecule has 26 heavy (non-hydrogen) atoms. The van der Waals surface area contributed by atoms with Gasteiger partial charge >= 0.3 is 5.97 Å². The zero-order chi connectivity index (χ0) is 19.4. The number of hydrogen-bond acceptors (Lipinski definition) is 5. The average molecular weight is 362 g/mol. The molecule has 1 rings (SSSR count). The molecule has 4 N–H and O–H groups in total. The van der Waals surface area contributed by atoms with Crippen LogP contribution in [-0.4, -0.2) is 48.3 Å². The van der Waals surface area contributed by atoms with Crippen molar-refractivity contribution in [1.29, 1.82) is 5.41 Å². The van der Waals surface area contributed by atoms with E-state index in [9.17, 15) is 14.4 Å². The lowest BCUT2D eigenvalue weighted by Gasteiger charge is -2.25. The molecule has 8 nitrogen and oxygen atoms in total. The van der Waals surface area contributed by atoms with Crippen LogP contribution in [-0.2, 0) is 14.3 Å². The van der Waals surface area contributed by atoms with E-state index in [4.69, 9.17) is 15.9 Å². The number of ether oxygens (including phenoxy) is 1. The number of esters is 1. The molecule has 0 aliphatic carbocycles. The number of unbranched alkanes of at least 4 members (excludes halogenated alkanes) is 1. The lowest BCUT2D eigenvalue weighted by Crippen LogP contribution is -2.45. The van der Waals surface area contributed by atoms with Crippen LogP contribution < -0.4 is 11.1 Å². The zero-order valence-electron chi connectivity index (χ0n) is 14.9. The van der Waals surface area contributed by atoms with E-state index in [1.165, 1.54) is 0 Å². The van der Waals surface area contributed by atoms with Gasteiger partial charge in [0, 0.05) is 12.1 Å². The van der Waals surface area contributed by atoms with Crippen molar-refractivity contribution in [3.63, 3.8) is 0 Å². The summed E-state index contributed by atoms with van der Waals surface area (Å²) >= 11 is 0. The van der Waals surface area contributed by atoms with E-state index >= 15 is 0 Å². The molecule has 0 saturated heterocycles. The van der Waals surface area contributed by atoms with Crippen LogP contribution in [0.4, 0.5) is 0 Å². The Labute approximate surface area is 153 Å². The molecule has 2 amide bonds. The summed E-state index contributed by atoms with van der Waals surface area (Å²) in [4.78, 5) is 37.5. The number of benzene rings is 1. The highest BCUT2D eigenvalue weighted by atomic mass is 16.5. The van der Waals surface area contributed by atoms with E-state index in [2.05, 4.69) is 5.32 Å². The lowest BCUT2D eigenvalue weighted by molar-refractivity contribution is -0.151. The van der Waals surface area contributed by atoms with Crippen LogP contribution in [0.15, 0.2) is 30.3 Å². The monoisotopic (exact) mass is 362 g/mol. The fourth-order valence-electron chi connectivity index (χ4n) is 2.29. The van der Waals surface area contributed by atoms with Gasteiger partial charge in [0.05, 0.1) is 6.61 Å². The molecule has 0 radical (unpaired) electrons. The predicted molar refractivity (Wildman–Crippen MR) is 97.5 cm³/mol. The first-order valence-electron chi connectivity index (χ1n) is 8.58. The first-order chi connectivity index (χ1) is 12.5. The van der Waals surface area contributed by atoms with Crippen molar-refractivity contribution in [2.75, 3.05) is 13.2 Å². The summed E-state index contributed by atoms with van der Waals surface area (Å²) in [6.07, 6.45) is 2.57. The van der Waals surface area contributed by atoms with Crippen LogP contribution >= 0.6 is 0 Å². The van der Waals surface area contributed by atoms with E-state index in [1.807, 2.05) is 6.92 Å². The van der Waals surface area contributed by atoms with Crippen LogP contribution in [0.3, 0.4) is 0 Å². The predicted octanol–water partition coefficient (Wildman–Crippen LogP) is 1.26. The van der Waals surface area contributed by atoms with Crippen molar-refractivity contribution in [1.82, 2.24) is 10.2 Å². The molecule has 0 fully saturated rings. The van der Waals surface area contributed by atoms with Gasteiger partial charge < -0.3 is 15.8 Å². The summed E-state index contributed by atoms with van der Waals surface area (Å²) in [5, 5.41) is 9.76. The smallest absolute Gasteiger partial charge is 0.329 e. The second kappa shape index (κ2) is 11.6. The van der Waals surface area contributed by atoms with Crippen molar-refractivity contribution < 1.29 is 19.1 Å². The van der Waals surface area contributed by atoms with Crippen molar-refractivity contribution in [3.05, 3.63) is 35.9 Å². The minimum atomic E-state index is -1.02. The maximum Gasteiger partial charge on any atom is 0.329 e. The molecular weight excluding hydrogens is 336 g/mol. The number of guanidine groups is 1. The fraction of sp³-hybridized carbons (Fsp3) is 0.444. The summed E-state index contributed by atoms with van der Waals surface area (Å²) in [5.74, 6) is -1.35. The Balaban J connectivity index is 2.87. The van der Waals surface area contributed by atoms with Gasteiger partial charge in [0.2, 0.25) is 6.41 Å². The maximum absolute atomic E-state index is 12.6. The highest BCUT2D eigenvalue weighted by Gasteiger charge is 2.31. The van der Waals surface area contributed by atoms with Crippen LogP contribution in [0.25, 0.3) is 0 Å². The number of nitrogens with zero attached hydrogens (tertiary/aromatic N) is 1. The minimum Gasteiger partial charge on any atom is -0.464 e. The Morgan fingerprint density at radius 1 is 1.31 bits per heavy atom. The SMILES string of the molecule is CCCCOC(=O)[C@H](CCCNC(=N)N)N(C=O)C(=O)c1ccccc1. The molecule has 0 bridgehead atoms.